The van der Waals surface area contributed by atoms with Gasteiger partial charge in [-0.25, -0.2) is 0 Å². The van der Waals surface area contributed by atoms with Gasteiger partial charge in [-0.05, 0) is 37.1 Å². The van der Waals surface area contributed by atoms with Crippen LogP contribution >= 0.6 is 0 Å². The molecule has 102 valence electrons. The van der Waals surface area contributed by atoms with E-state index >= 15 is 0 Å². The number of amides is 1. The van der Waals surface area contributed by atoms with Gasteiger partial charge in [0, 0.05) is 17.7 Å². The molecule has 0 heterocycles. The van der Waals surface area contributed by atoms with E-state index in [0.29, 0.717) is 12.1 Å². The van der Waals surface area contributed by atoms with Gasteiger partial charge in [0.25, 0.3) is 5.91 Å². The van der Waals surface area contributed by atoms with Gasteiger partial charge < -0.3 is 11.1 Å². The van der Waals surface area contributed by atoms with E-state index in [1.165, 1.54) is 0 Å². The average Bonchev–Trinajstić information content (AvgIpc) is 2.42. The zero-order valence-corrected chi connectivity index (χ0v) is 11.8. The molecule has 0 aliphatic carbocycles. The number of benzene rings is 1. The van der Waals surface area contributed by atoms with Gasteiger partial charge in [0.05, 0.1) is 6.54 Å². The number of carbonyl (C=O) groups is 1. The maximum Gasteiger partial charge on any atom is 0.251 e. The first-order valence-corrected chi connectivity index (χ1v) is 6.76. The summed E-state index contributed by atoms with van der Waals surface area (Å²) in [6.07, 6.45) is 3.33. The van der Waals surface area contributed by atoms with Crippen LogP contribution < -0.4 is 11.1 Å². The smallest absolute Gasteiger partial charge is 0.251 e. The van der Waals surface area contributed by atoms with Crippen molar-refractivity contribution in [1.29, 1.82) is 0 Å². The number of rotatable bonds is 5. The predicted molar refractivity (Wildman–Crippen MR) is 79.0 cm³/mol. The van der Waals surface area contributed by atoms with Gasteiger partial charge in [-0.3, -0.25) is 4.79 Å². The monoisotopic (exact) mass is 258 g/mol. The molecule has 0 unspecified atom stereocenters. The minimum Gasteiger partial charge on any atom is -0.352 e. The number of hydrogen-bond acceptors (Lipinski definition) is 2. The van der Waals surface area contributed by atoms with E-state index in [4.69, 9.17) is 5.73 Å². The fourth-order valence-electron chi connectivity index (χ4n) is 1.77. The fourth-order valence-corrected chi connectivity index (χ4v) is 1.77. The molecular formula is C16H22N2O. The molecule has 0 bridgehead atoms. The van der Waals surface area contributed by atoms with Crippen molar-refractivity contribution in [1.82, 2.24) is 5.32 Å². The van der Waals surface area contributed by atoms with E-state index in [1.807, 2.05) is 25.1 Å². The second kappa shape index (κ2) is 8.34. The molecule has 3 nitrogen and oxygen atoms in total. The van der Waals surface area contributed by atoms with Crippen LogP contribution in [0.2, 0.25) is 0 Å². The topological polar surface area (TPSA) is 55.1 Å². The summed E-state index contributed by atoms with van der Waals surface area (Å²) < 4.78 is 0. The van der Waals surface area contributed by atoms with Crippen molar-refractivity contribution in [2.45, 2.75) is 33.1 Å². The van der Waals surface area contributed by atoms with Gasteiger partial charge in [0.2, 0.25) is 0 Å². The summed E-state index contributed by atoms with van der Waals surface area (Å²) >= 11 is 0. The van der Waals surface area contributed by atoms with E-state index in [9.17, 15) is 4.79 Å². The zero-order valence-electron chi connectivity index (χ0n) is 11.8. The standard InChI is InChI=1S/C16H22N2O/c1-3-4-5-11-18-16(19)15-9-8-14(7-6-10-17)13(2)12-15/h8-9,12H,3-5,10-11,17H2,1-2H3,(H,18,19). The van der Waals surface area contributed by atoms with Crippen molar-refractivity contribution < 1.29 is 4.79 Å². The Morgan fingerprint density at radius 1 is 1.37 bits per heavy atom. The number of hydrogen-bond donors (Lipinski definition) is 2. The van der Waals surface area contributed by atoms with Gasteiger partial charge in [0.1, 0.15) is 0 Å². The maximum absolute atomic E-state index is 11.9. The molecule has 1 aromatic rings. The number of nitrogens with two attached hydrogens (primary N) is 1. The summed E-state index contributed by atoms with van der Waals surface area (Å²) in [5.41, 5.74) is 7.96. The lowest BCUT2D eigenvalue weighted by Gasteiger charge is -2.06. The molecule has 1 aromatic carbocycles. The van der Waals surface area contributed by atoms with Crippen LogP contribution in [0.4, 0.5) is 0 Å². The van der Waals surface area contributed by atoms with Crippen LogP contribution in [0.15, 0.2) is 18.2 Å². The highest BCUT2D eigenvalue weighted by molar-refractivity contribution is 5.94. The normalized spacial score (nSPS) is 9.63. The molecule has 0 atom stereocenters. The average molecular weight is 258 g/mol. The van der Waals surface area contributed by atoms with E-state index in [-0.39, 0.29) is 5.91 Å². The molecule has 0 radical (unpaired) electrons. The van der Waals surface area contributed by atoms with Crippen molar-refractivity contribution in [2.75, 3.05) is 13.1 Å². The SMILES string of the molecule is CCCCCNC(=O)c1ccc(C#CCN)c(C)c1. The summed E-state index contributed by atoms with van der Waals surface area (Å²) in [6.45, 7) is 5.18. The van der Waals surface area contributed by atoms with Crippen LogP contribution in [0.1, 0.15) is 47.7 Å². The largest absolute Gasteiger partial charge is 0.352 e. The second-order valence-corrected chi connectivity index (χ2v) is 4.50. The van der Waals surface area contributed by atoms with E-state index < -0.39 is 0 Å². The summed E-state index contributed by atoms with van der Waals surface area (Å²) in [5.74, 6) is 5.80. The molecule has 1 amide bonds. The van der Waals surface area contributed by atoms with Gasteiger partial charge in [-0.15, -0.1) is 0 Å². The zero-order chi connectivity index (χ0) is 14.1. The Hall–Kier alpha value is -1.79. The van der Waals surface area contributed by atoms with Crippen LogP contribution in [0.25, 0.3) is 0 Å². The number of unbranched alkanes of at least 4 members (excludes halogenated alkanes) is 2. The first kappa shape index (κ1) is 15.3. The third-order valence-electron chi connectivity index (χ3n) is 2.88. The summed E-state index contributed by atoms with van der Waals surface area (Å²) in [4.78, 5) is 11.9. The Kier molecular flexibility index (Phi) is 6.70. The molecule has 1 rings (SSSR count). The molecule has 0 aromatic heterocycles. The summed E-state index contributed by atoms with van der Waals surface area (Å²) in [5, 5.41) is 2.93. The Bertz CT molecular complexity index is 483. The van der Waals surface area contributed by atoms with Crippen LogP contribution in [0.3, 0.4) is 0 Å². The second-order valence-electron chi connectivity index (χ2n) is 4.50. The van der Waals surface area contributed by atoms with Crippen molar-refractivity contribution in [3.63, 3.8) is 0 Å². The third-order valence-corrected chi connectivity index (χ3v) is 2.88. The molecule has 0 saturated carbocycles. The number of aryl methyl sites for hydroxylation is 1. The Morgan fingerprint density at radius 2 is 2.16 bits per heavy atom. The first-order chi connectivity index (χ1) is 9.19. The minimum absolute atomic E-state index is 0.0162. The minimum atomic E-state index is -0.0162. The molecule has 19 heavy (non-hydrogen) atoms. The first-order valence-electron chi connectivity index (χ1n) is 6.76. The van der Waals surface area contributed by atoms with Crippen molar-refractivity contribution >= 4 is 5.91 Å². The predicted octanol–water partition coefficient (Wildman–Crippen LogP) is 2.23. The van der Waals surface area contributed by atoms with E-state index in [0.717, 1.165) is 36.9 Å². The van der Waals surface area contributed by atoms with Gasteiger partial charge >= 0.3 is 0 Å². The molecular weight excluding hydrogens is 236 g/mol. The van der Waals surface area contributed by atoms with Gasteiger partial charge in [0.15, 0.2) is 0 Å². The Morgan fingerprint density at radius 3 is 2.79 bits per heavy atom. The summed E-state index contributed by atoms with van der Waals surface area (Å²) in [6, 6.07) is 5.55. The van der Waals surface area contributed by atoms with E-state index in [1.54, 1.807) is 0 Å². The van der Waals surface area contributed by atoms with Crippen LogP contribution in [0, 0.1) is 18.8 Å². The lowest BCUT2D eigenvalue weighted by Crippen LogP contribution is -2.24. The highest BCUT2D eigenvalue weighted by Crippen LogP contribution is 2.10. The lowest BCUT2D eigenvalue weighted by molar-refractivity contribution is 0.0953. The van der Waals surface area contributed by atoms with E-state index in [2.05, 4.69) is 24.1 Å². The molecule has 0 aliphatic heterocycles. The van der Waals surface area contributed by atoms with Crippen LogP contribution in [-0.4, -0.2) is 19.0 Å². The quantitative estimate of drug-likeness (QED) is 0.628. The number of nitrogens with one attached hydrogen (secondary N) is 1. The lowest BCUT2D eigenvalue weighted by atomic mass is 10.0. The molecule has 0 aliphatic rings. The molecule has 0 spiro atoms. The Labute approximate surface area is 115 Å². The molecule has 3 heteroatoms. The van der Waals surface area contributed by atoms with Crippen molar-refractivity contribution in [3.05, 3.63) is 34.9 Å². The summed E-state index contributed by atoms with van der Waals surface area (Å²) in [7, 11) is 0. The van der Waals surface area contributed by atoms with Crippen molar-refractivity contribution in [3.8, 4) is 11.8 Å². The van der Waals surface area contributed by atoms with Crippen LogP contribution in [-0.2, 0) is 0 Å². The fraction of sp³-hybridized carbons (Fsp3) is 0.438. The highest BCUT2D eigenvalue weighted by Gasteiger charge is 2.06. The van der Waals surface area contributed by atoms with Gasteiger partial charge in [-0.1, -0.05) is 31.6 Å². The third kappa shape index (κ3) is 5.15. The van der Waals surface area contributed by atoms with Gasteiger partial charge in [-0.2, -0.15) is 0 Å². The maximum atomic E-state index is 11.9. The Balaban J connectivity index is 2.64. The number of carbonyl (C=O) groups excluding carboxylic acids is 1. The highest BCUT2D eigenvalue weighted by atomic mass is 16.1. The molecule has 0 fully saturated rings. The molecule has 0 saturated heterocycles. The molecule has 3 N–H and O–H groups in total. The van der Waals surface area contributed by atoms with Crippen LogP contribution in [0.5, 0.6) is 0 Å². The van der Waals surface area contributed by atoms with Crippen molar-refractivity contribution in [2.24, 2.45) is 5.73 Å².